The summed E-state index contributed by atoms with van der Waals surface area (Å²) in [5.74, 6) is 0.829. The Balaban J connectivity index is 1.88. The zero-order valence-electron chi connectivity index (χ0n) is 7.96. The Kier molecular flexibility index (Phi) is 1.77. The third kappa shape index (κ3) is 1.30. The van der Waals surface area contributed by atoms with Gasteiger partial charge in [-0.2, -0.15) is 0 Å². The molecule has 1 aliphatic rings. The Morgan fingerprint density at radius 1 is 1.36 bits per heavy atom. The monoisotopic (exact) mass is 187 g/mol. The molecule has 0 aliphatic carbocycles. The lowest BCUT2D eigenvalue weighted by atomic mass is 9.94. The highest BCUT2D eigenvalue weighted by Gasteiger charge is 2.16. The van der Waals surface area contributed by atoms with Crippen LogP contribution in [-0.2, 0) is 6.42 Å². The summed E-state index contributed by atoms with van der Waals surface area (Å²) >= 11 is 0. The van der Waals surface area contributed by atoms with Crippen LogP contribution in [0.5, 0.6) is 0 Å². The topological polar surface area (TPSA) is 40.7 Å². The molecule has 0 spiro atoms. The van der Waals surface area contributed by atoms with E-state index in [1.54, 1.807) is 6.33 Å². The van der Waals surface area contributed by atoms with Crippen LogP contribution in [-0.4, -0.2) is 23.1 Å². The lowest BCUT2D eigenvalue weighted by molar-refractivity contribution is 0.346. The van der Waals surface area contributed by atoms with Gasteiger partial charge in [0.25, 0.3) is 0 Å². The third-order valence-electron chi connectivity index (χ3n) is 2.88. The van der Waals surface area contributed by atoms with Crippen molar-refractivity contribution in [3.05, 3.63) is 30.1 Å². The van der Waals surface area contributed by atoms with Crippen LogP contribution in [0.25, 0.3) is 11.0 Å². The molecule has 72 valence electrons. The molecule has 0 saturated carbocycles. The number of hydrogen-bond donors (Lipinski definition) is 2. The maximum Gasteiger partial charge on any atom is 0.0931 e. The first-order valence-corrected chi connectivity index (χ1v) is 5.04. The first-order valence-electron chi connectivity index (χ1n) is 5.04. The van der Waals surface area contributed by atoms with Crippen LogP contribution in [0.1, 0.15) is 5.56 Å². The molecule has 1 aromatic carbocycles. The van der Waals surface area contributed by atoms with Crippen molar-refractivity contribution in [3.63, 3.8) is 0 Å². The highest BCUT2D eigenvalue weighted by molar-refractivity contribution is 5.75. The molecule has 1 aliphatic heterocycles. The van der Waals surface area contributed by atoms with E-state index in [0.29, 0.717) is 0 Å². The average molecular weight is 187 g/mol. The minimum absolute atomic E-state index is 0.829. The molecule has 3 heteroatoms. The van der Waals surface area contributed by atoms with Gasteiger partial charge in [-0.1, -0.05) is 6.07 Å². The zero-order valence-corrected chi connectivity index (χ0v) is 7.96. The molecular formula is C11H13N3. The van der Waals surface area contributed by atoms with E-state index in [9.17, 15) is 0 Å². The minimum Gasteiger partial charge on any atom is -0.345 e. The van der Waals surface area contributed by atoms with Gasteiger partial charge in [0.15, 0.2) is 0 Å². The SMILES string of the molecule is c1nc2ccc(CC3CNC3)cc2[nH]1. The van der Waals surface area contributed by atoms with Crippen molar-refractivity contribution in [1.82, 2.24) is 15.3 Å². The lowest BCUT2D eigenvalue weighted by Crippen LogP contribution is -2.43. The van der Waals surface area contributed by atoms with E-state index in [0.717, 1.165) is 17.0 Å². The van der Waals surface area contributed by atoms with Crippen molar-refractivity contribution in [2.24, 2.45) is 5.92 Å². The Bertz CT molecular complexity index is 442. The number of imidazole rings is 1. The quantitative estimate of drug-likeness (QED) is 0.744. The molecule has 1 fully saturated rings. The van der Waals surface area contributed by atoms with Gasteiger partial charge < -0.3 is 10.3 Å². The van der Waals surface area contributed by atoms with Crippen LogP contribution in [0, 0.1) is 5.92 Å². The highest BCUT2D eigenvalue weighted by Crippen LogP contribution is 2.16. The summed E-state index contributed by atoms with van der Waals surface area (Å²) in [4.78, 5) is 7.35. The van der Waals surface area contributed by atoms with Crippen molar-refractivity contribution in [3.8, 4) is 0 Å². The van der Waals surface area contributed by atoms with Gasteiger partial charge in [-0.3, -0.25) is 0 Å². The Labute approximate surface area is 82.5 Å². The first kappa shape index (κ1) is 8.00. The van der Waals surface area contributed by atoms with Gasteiger partial charge in [0, 0.05) is 0 Å². The molecule has 0 amide bonds. The number of hydrogen-bond acceptors (Lipinski definition) is 2. The van der Waals surface area contributed by atoms with Gasteiger partial charge in [0.05, 0.1) is 17.4 Å². The maximum absolute atomic E-state index is 4.21. The van der Waals surface area contributed by atoms with Crippen LogP contribution < -0.4 is 5.32 Å². The summed E-state index contributed by atoms with van der Waals surface area (Å²) in [6, 6.07) is 6.48. The predicted octanol–water partition coefficient (Wildman–Crippen LogP) is 1.32. The number of H-pyrrole nitrogens is 1. The molecular weight excluding hydrogens is 174 g/mol. The fraction of sp³-hybridized carbons (Fsp3) is 0.364. The van der Waals surface area contributed by atoms with Crippen LogP contribution in [0.15, 0.2) is 24.5 Å². The number of fused-ring (bicyclic) bond motifs is 1. The third-order valence-corrected chi connectivity index (χ3v) is 2.88. The first-order chi connectivity index (χ1) is 6.92. The summed E-state index contributed by atoms with van der Waals surface area (Å²) in [6.07, 6.45) is 2.93. The molecule has 0 unspecified atom stereocenters. The van der Waals surface area contributed by atoms with Gasteiger partial charge in [0.2, 0.25) is 0 Å². The smallest absolute Gasteiger partial charge is 0.0931 e. The van der Waals surface area contributed by atoms with Crippen LogP contribution >= 0.6 is 0 Å². The van der Waals surface area contributed by atoms with Gasteiger partial charge in [-0.25, -0.2) is 4.98 Å². The highest BCUT2D eigenvalue weighted by atomic mass is 14.9. The number of aromatic nitrogens is 2. The Hall–Kier alpha value is -1.35. The van der Waals surface area contributed by atoms with Crippen LogP contribution in [0.3, 0.4) is 0 Å². The fourth-order valence-electron chi connectivity index (χ4n) is 1.94. The largest absolute Gasteiger partial charge is 0.345 e. The minimum atomic E-state index is 0.829. The second kappa shape index (κ2) is 3.10. The van der Waals surface area contributed by atoms with Gasteiger partial charge in [-0.05, 0) is 43.1 Å². The molecule has 2 heterocycles. The van der Waals surface area contributed by atoms with Gasteiger partial charge in [-0.15, -0.1) is 0 Å². The molecule has 2 aromatic rings. The molecule has 0 radical (unpaired) electrons. The summed E-state index contributed by atoms with van der Waals surface area (Å²) < 4.78 is 0. The van der Waals surface area contributed by atoms with Gasteiger partial charge in [0.1, 0.15) is 0 Å². The van der Waals surface area contributed by atoms with Crippen molar-refractivity contribution in [2.45, 2.75) is 6.42 Å². The normalized spacial score (nSPS) is 17.1. The Morgan fingerprint density at radius 3 is 3.07 bits per heavy atom. The van der Waals surface area contributed by atoms with Crippen molar-refractivity contribution < 1.29 is 0 Å². The summed E-state index contributed by atoms with van der Waals surface area (Å²) in [5, 5.41) is 3.29. The summed E-state index contributed by atoms with van der Waals surface area (Å²) in [5.41, 5.74) is 3.61. The van der Waals surface area contributed by atoms with E-state index in [1.807, 2.05) is 0 Å². The van der Waals surface area contributed by atoms with Crippen molar-refractivity contribution >= 4 is 11.0 Å². The average Bonchev–Trinajstić information content (AvgIpc) is 2.58. The molecule has 14 heavy (non-hydrogen) atoms. The standard InChI is InChI=1S/C11H13N3/c1-2-10-11(14-7-13-10)4-8(1)3-9-5-12-6-9/h1-2,4,7,9,12H,3,5-6H2,(H,13,14). The van der Waals surface area contributed by atoms with E-state index in [2.05, 4.69) is 33.5 Å². The summed E-state index contributed by atoms with van der Waals surface area (Å²) in [7, 11) is 0. The molecule has 2 N–H and O–H groups in total. The van der Waals surface area contributed by atoms with Crippen molar-refractivity contribution in [1.29, 1.82) is 0 Å². The van der Waals surface area contributed by atoms with Crippen molar-refractivity contribution in [2.75, 3.05) is 13.1 Å². The molecule has 3 nitrogen and oxygen atoms in total. The molecule has 0 atom stereocenters. The molecule has 0 bridgehead atoms. The van der Waals surface area contributed by atoms with Crippen LogP contribution in [0.2, 0.25) is 0 Å². The second-order valence-electron chi connectivity index (χ2n) is 3.98. The zero-order chi connectivity index (χ0) is 9.38. The lowest BCUT2D eigenvalue weighted by Gasteiger charge is -2.26. The van der Waals surface area contributed by atoms with E-state index in [4.69, 9.17) is 0 Å². The summed E-state index contributed by atoms with van der Waals surface area (Å²) in [6.45, 7) is 2.34. The predicted molar refractivity (Wildman–Crippen MR) is 56.2 cm³/mol. The maximum atomic E-state index is 4.21. The number of rotatable bonds is 2. The van der Waals surface area contributed by atoms with E-state index in [-0.39, 0.29) is 0 Å². The Morgan fingerprint density at radius 2 is 2.29 bits per heavy atom. The number of nitrogens with one attached hydrogen (secondary N) is 2. The fourth-order valence-corrected chi connectivity index (χ4v) is 1.94. The number of nitrogens with zero attached hydrogens (tertiary/aromatic N) is 1. The van der Waals surface area contributed by atoms with E-state index >= 15 is 0 Å². The van der Waals surface area contributed by atoms with Gasteiger partial charge >= 0.3 is 0 Å². The molecule has 1 aromatic heterocycles. The number of aromatic amines is 1. The second-order valence-corrected chi connectivity index (χ2v) is 3.98. The van der Waals surface area contributed by atoms with E-state index in [1.165, 1.54) is 25.1 Å². The van der Waals surface area contributed by atoms with Crippen LogP contribution in [0.4, 0.5) is 0 Å². The molecule has 3 rings (SSSR count). The molecule has 1 saturated heterocycles. The number of benzene rings is 1. The van der Waals surface area contributed by atoms with E-state index < -0.39 is 0 Å².